The van der Waals surface area contributed by atoms with Crippen LogP contribution in [0.1, 0.15) is 2.85 Å². The summed E-state index contributed by atoms with van der Waals surface area (Å²) in [5.41, 5.74) is 0. The molecule has 0 aromatic heterocycles. The van der Waals surface area contributed by atoms with E-state index in [0.29, 0.717) is 0 Å². The molecule has 0 aromatic carbocycles. The molecule has 6 nitrogen and oxygen atoms in total. The van der Waals surface area contributed by atoms with Gasteiger partial charge in [0.25, 0.3) is 0 Å². The normalized spacial score (nSPS) is 25.0. The maximum atomic E-state index is 13.7. The van der Waals surface area contributed by atoms with E-state index >= 15 is 0 Å². The van der Waals surface area contributed by atoms with Crippen LogP contribution < -0.4 is 59.1 Å². The molecule has 0 bridgehead atoms. The van der Waals surface area contributed by atoms with Crippen molar-refractivity contribution in [3.8, 4) is 0 Å². The van der Waals surface area contributed by atoms with E-state index in [1.54, 1.807) is 0 Å². The molecular formula is C8H2F16N2Na2O4S2-2. The third-order valence-electron chi connectivity index (χ3n) is 3.53. The summed E-state index contributed by atoms with van der Waals surface area (Å²) >= 11 is -11.6. The van der Waals surface area contributed by atoms with Crippen molar-refractivity contribution in [2.24, 2.45) is 0 Å². The van der Waals surface area contributed by atoms with E-state index in [9.17, 15) is 87.8 Å². The van der Waals surface area contributed by atoms with Crippen molar-refractivity contribution in [2.45, 2.75) is 46.8 Å². The molecule has 2 atom stereocenters. The molecule has 196 valence electrons. The van der Waals surface area contributed by atoms with Crippen molar-refractivity contribution < 1.29 is 150 Å². The van der Waals surface area contributed by atoms with E-state index in [1.165, 1.54) is 0 Å². The van der Waals surface area contributed by atoms with Gasteiger partial charge in [-0.25, -0.2) is 0 Å². The van der Waals surface area contributed by atoms with Gasteiger partial charge in [0.1, 0.15) is 0 Å². The van der Waals surface area contributed by atoms with E-state index in [0.717, 1.165) is 0 Å². The molecule has 0 amide bonds. The van der Waals surface area contributed by atoms with Crippen molar-refractivity contribution in [3.05, 3.63) is 0 Å². The van der Waals surface area contributed by atoms with E-state index in [2.05, 4.69) is 0 Å². The van der Waals surface area contributed by atoms with Crippen molar-refractivity contribution in [1.29, 1.82) is 0 Å². The van der Waals surface area contributed by atoms with Gasteiger partial charge < -0.3 is 12.0 Å². The number of rotatable bonds is 6. The van der Waals surface area contributed by atoms with E-state index in [-0.39, 0.29) is 62.0 Å². The zero-order chi connectivity index (χ0) is 26.3. The Balaban J connectivity index is -0.00000128. The van der Waals surface area contributed by atoms with Gasteiger partial charge in [0.2, 0.25) is 0 Å². The first-order valence-corrected chi connectivity index (χ1v) is 8.59. The van der Waals surface area contributed by atoms with Crippen molar-refractivity contribution in [2.75, 3.05) is 0 Å². The molecule has 1 aliphatic rings. The summed E-state index contributed by atoms with van der Waals surface area (Å²) in [6, 6.07) is -48.4. The fourth-order valence-electron chi connectivity index (χ4n) is 2.06. The fraction of sp³-hybridized carbons (Fsp3) is 1.00. The van der Waals surface area contributed by atoms with Gasteiger partial charge in [-0.2, -0.15) is 70.2 Å². The molecule has 2 unspecified atom stereocenters. The number of hydrogen-bond acceptors (Lipinski definition) is 6. The van der Waals surface area contributed by atoms with E-state index in [1.807, 2.05) is 0 Å². The fourth-order valence-corrected chi connectivity index (χ4v) is 2.64. The second-order valence-electron chi connectivity index (χ2n) is 5.42. The molecule has 1 aliphatic heterocycles. The van der Waals surface area contributed by atoms with Crippen molar-refractivity contribution in [3.63, 3.8) is 0 Å². The van der Waals surface area contributed by atoms with Gasteiger partial charge in [-0.15, -0.1) is 9.80 Å². The maximum Gasteiger partial charge on any atom is 1.00 e. The second kappa shape index (κ2) is 9.96. The first-order valence-electron chi connectivity index (χ1n) is 6.44. The minimum Gasteiger partial charge on any atom is -1.00 e. The number of halogens is 16. The van der Waals surface area contributed by atoms with Gasteiger partial charge in [-0.3, -0.25) is 8.42 Å². The standard InChI is InChI=1S/C8H2F16N2O4S2.2Na.2H/c9-1(10)2(11,12)26(6(19,20)8(23,24)32(29)30)4(15,16)3(13,14)25(1)5(17,18)7(21,22)31(27)28;;;;/h(H,27,28)(H,29,30);;;;/q;2*+1;2*-1/p-2. The van der Waals surface area contributed by atoms with Crippen LogP contribution in [0.4, 0.5) is 70.2 Å². The number of nitrogens with zero attached hydrogens (tertiary/aromatic N) is 2. The predicted octanol–water partition coefficient (Wildman–Crippen LogP) is -2.66. The van der Waals surface area contributed by atoms with Crippen LogP contribution in [0.3, 0.4) is 0 Å². The number of alkyl halides is 16. The van der Waals surface area contributed by atoms with Crippen LogP contribution in [0.5, 0.6) is 0 Å². The maximum absolute atomic E-state index is 13.7. The van der Waals surface area contributed by atoms with Crippen LogP contribution in [0.2, 0.25) is 0 Å². The van der Waals surface area contributed by atoms with Crippen LogP contribution in [0.25, 0.3) is 0 Å². The van der Waals surface area contributed by atoms with Crippen LogP contribution in [0.15, 0.2) is 0 Å². The summed E-state index contributed by atoms with van der Waals surface area (Å²) in [6.07, 6.45) is 0. The van der Waals surface area contributed by atoms with Crippen LogP contribution >= 0.6 is 0 Å². The topological polar surface area (TPSA) is 86.7 Å². The molecule has 0 aliphatic carbocycles. The third-order valence-corrected chi connectivity index (χ3v) is 4.86. The minimum atomic E-state index is -8.13. The molecule has 1 rings (SSSR count). The largest absolute Gasteiger partial charge is 1.00 e. The summed E-state index contributed by atoms with van der Waals surface area (Å²) < 4.78 is 256. The molecule has 1 heterocycles. The molecular weight excluding hydrogens is 602 g/mol. The Morgan fingerprint density at radius 2 is 0.676 bits per heavy atom. The predicted molar refractivity (Wildman–Crippen MR) is 63.3 cm³/mol. The number of hydrogen-bond donors (Lipinski definition) is 0. The van der Waals surface area contributed by atoms with Gasteiger partial charge in [0, 0.05) is 22.2 Å². The Kier molecular flexibility index (Phi) is 10.9. The molecule has 26 heteroatoms. The van der Waals surface area contributed by atoms with E-state index < -0.39 is 78.7 Å². The molecule has 0 N–H and O–H groups in total. The SMILES string of the molecule is O=S([O-])C(F)(F)C(F)(F)N1C(F)(F)C(F)(F)N(C(F)(F)C(F)(F)S(=O)[O-])C(F)(F)C1(F)F.[H-].[H-].[Na+].[Na+]. The van der Waals surface area contributed by atoms with Gasteiger partial charge in [-0.1, -0.05) is 0 Å². The Bertz CT molecular complexity index is 746. The summed E-state index contributed by atoms with van der Waals surface area (Å²) in [5, 5.41) is -14.6. The molecule has 0 radical (unpaired) electrons. The zero-order valence-electron chi connectivity index (χ0n) is 17.4. The first-order chi connectivity index (χ1) is 13.6. The molecule has 1 fully saturated rings. The average Bonchev–Trinajstić information content (AvgIpc) is 2.50. The van der Waals surface area contributed by atoms with Crippen LogP contribution in [-0.2, 0) is 22.2 Å². The summed E-state index contributed by atoms with van der Waals surface area (Å²) in [7, 11) is 0. The van der Waals surface area contributed by atoms with Crippen LogP contribution in [0, 0.1) is 0 Å². The smallest absolute Gasteiger partial charge is 1.00 e. The zero-order valence-corrected chi connectivity index (χ0v) is 21.0. The molecule has 34 heavy (non-hydrogen) atoms. The Morgan fingerprint density at radius 1 is 0.529 bits per heavy atom. The van der Waals surface area contributed by atoms with E-state index in [4.69, 9.17) is 0 Å². The molecule has 0 spiro atoms. The summed E-state index contributed by atoms with van der Waals surface area (Å²) in [4.78, 5) is -8.91. The van der Waals surface area contributed by atoms with Crippen molar-refractivity contribution >= 4 is 22.2 Å². The second-order valence-corrected chi connectivity index (χ2v) is 7.39. The molecule has 0 saturated carbocycles. The first kappa shape index (κ1) is 37.2. The van der Waals surface area contributed by atoms with Gasteiger partial charge in [0.05, 0.1) is 0 Å². The average molecular weight is 604 g/mol. The Labute approximate surface area is 227 Å². The summed E-state index contributed by atoms with van der Waals surface area (Å²) in [6.45, 7) is 0. The third kappa shape index (κ3) is 4.68. The van der Waals surface area contributed by atoms with Gasteiger partial charge in [0.15, 0.2) is 0 Å². The quantitative estimate of drug-likeness (QED) is 0.143. The minimum absolute atomic E-state index is 0. The van der Waals surface area contributed by atoms with Gasteiger partial charge in [-0.05, 0) is 0 Å². The van der Waals surface area contributed by atoms with Gasteiger partial charge >= 0.3 is 106 Å². The summed E-state index contributed by atoms with van der Waals surface area (Å²) in [5.74, 6) is 0. The molecule has 0 aromatic rings. The Morgan fingerprint density at radius 3 is 0.794 bits per heavy atom. The number of piperazine rings is 1. The van der Waals surface area contributed by atoms with Crippen molar-refractivity contribution in [1.82, 2.24) is 9.80 Å². The Hall–Kier alpha value is 1.02. The molecule has 1 saturated heterocycles. The van der Waals surface area contributed by atoms with Crippen LogP contribution in [-0.4, -0.2) is 74.1 Å². The monoisotopic (exact) mass is 604 g/mol.